The third-order valence-corrected chi connectivity index (χ3v) is 3.29. The predicted octanol–water partition coefficient (Wildman–Crippen LogP) is 2.86. The summed E-state index contributed by atoms with van der Waals surface area (Å²) in [7, 11) is 1.75. The number of likely N-dealkylation sites (tertiary alicyclic amines) is 1. The summed E-state index contributed by atoms with van der Waals surface area (Å²) in [5, 5.41) is 0. The SMILES string of the molecule is CC(C)OC(=O)N1CCC(N(C)C(=O)OC(C)(C)C)CC1. The van der Waals surface area contributed by atoms with Crippen LogP contribution in [-0.4, -0.2) is 59.9 Å². The molecule has 1 aliphatic rings. The number of ether oxygens (including phenoxy) is 2. The Morgan fingerprint density at radius 3 is 2.14 bits per heavy atom. The van der Waals surface area contributed by atoms with Crippen LogP contribution in [0.25, 0.3) is 0 Å². The smallest absolute Gasteiger partial charge is 0.410 e. The van der Waals surface area contributed by atoms with E-state index in [0.717, 1.165) is 12.8 Å². The molecule has 2 amide bonds. The van der Waals surface area contributed by atoms with Gasteiger partial charge in [-0.1, -0.05) is 0 Å². The highest BCUT2D eigenvalue weighted by molar-refractivity contribution is 5.69. The molecule has 21 heavy (non-hydrogen) atoms. The maximum atomic E-state index is 12.0. The molecular formula is C15H28N2O4. The highest BCUT2D eigenvalue weighted by Crippen LogP contribution is 2.19. The average molecular weight is 300 g/mol. The van der Waals surface area contributed by atoms with E-state index in [0.29, 0.717) is 13.1 Å². The third-order valence-electron chi connectivity index (χ3n) is 3.29. The molecule has 0 unspecified atom stereocenters. The Kier molecular flexibility index (Phi) is 5.87. The summed E-state index contributed by atoms with van der Waals surface area (Å²) in [6.07, 6.45) is 0.778. The van der Waals surface area contributed by atoms with Crippen LogP contribution in [0.5, 0.6) is 0 Å². The molecule has 0 aromatic rings. The van der Waals surface area contributed by atoms with E-state index in [2.05, 4.69) is 0 Å². The van der Waals surface area contributed by atoms with Gasteiger partial charge in [0, 0.05) is 26.2 Å². The Labute approximate surface area is 127 Å². The van der Waals surface area contributed by atoms with Crippen LogP contribution in [0.4, 0.5) is 9.59 Å². The topological polar surface area (TPSA) is 59.1 Å². The van der Waals surface area contributed by atoms with Crippen LogP contribution < -0.4 is 0 Å². The summed E-state index contributed by atoms with van der Waals surface area (Å²) < 4.78 is 10.5. The van der Waals surface area contributed by atoms with E-state index in [1.807, 2.05) is 34.6 Å². The Bertz CT molecular complexity index is 368. The second kappa shape index (κ2) is 7.00. The number of hydrogen-bond acceptors (Lipinski definition) is 4. The van der Waals surface area contributed by atoms with Crippen LogP contribution in [0.1, 0.15) is 47.5 Å². The zero-order valence-corrected chi connectivity index (χ0v) is 14.0. The highest BCUT2D eigenvalue weighted by atomic mass is 16.6. The van der Waals surface area contributed by atoms with Crippen molar-refractivity contribution in [1.29, 1.82) is 0 Å². The summed E-state index contributed by atoms with van der Waals surface area (Å²) in [6, 6.07) is 0.1000. The van der Waals surface area contributed by atoms with E-state index in [1.54, 1.807) is 16.8 Å². The summed E-state index contributed by atoms with van der Waals surface area (Å²) in [5.74, 6) is 0. The molecule has 1 saturated heterocycles. The van der Waals surface area contributed by atoms with Crippen molar-refractivity contribution in [2.45, 2.75) is 65.2 Å². The molecule has 0 spiro atoms. The van der Waals surface area contributed by atoms with E-state index in [9.17, 15) is 9.59 Å². The van der Waals surface area contributed by atoms with Crippen LogP contribution in [0.3, 0.4) is 0 Å². The van der Waals surface area contributed by atoms with Crippen molar-refractivity contribution >= 4 is 12.2 Å². The third kappa shape index (κ3) is 5.81. The van der Waals surface area contributed by atoms with Gasteiger partial charge in [-0.15, -0.1) is 0 Å². The minimum absolute atomic E-state index is 0.1000. The van der Waals surface area contributed by atoms with Crippen LogP contribution in [0, 0.1) is 0 Å². The van der Waals surface area contributed by atoms with Gasteiger partial charge < -0.3 is 19.3 Å². The Balaban J connectivity index is 2.45. The maximum Gasteiger partial charge on any atom is 0.410 e. The fourth-order valence-corrected chi connectivity index (χ4v) is 2.19. The lowest BCUT2D eigenvalue weighted by molar-refractivity contribution is 0.0139. The fourth-order valence-electron chi connectivity index (χ4n) is 2.19. The molecule has 6 heteroatoms. The van der Waals surface area contributed by atoms with Crippen molar-refractivity contribution in [1.82, 2.24) is 9.80 Å². The molecule has 122 valence electrons. The number of nitrogens with zero attached hydrogens (tertiary/aromatic N) is 2. The Hall–Kier alpha value is -1.46. The van der Waals surface area contributed by atoms with Gasteiger partial charge in [-0.3, -0.25) is 0 Å². The van der Waals surface area contributed by atoms with E-state index >= 15 is 0 Å². The lowest BCUT2D eigenvalue weighted by Crippen LogP contribution is -2.48. The summed E-state index contributed by atoms with van der Waals surface area (Å²) >= 11 is 0. The first-order valence-electron chi connectivity index (χ1n) is 7.51. The number of amides is 2. The molecule has 0 radical (unpaired) electrons. The Morgan fingerprint density at radius 1 is 1.19 bits per heavy atom. The molecule has 0 aromatic carbocycles. The van der Waals surface area contributed by atoms with Gasteiger partial charge in [0.05, 0.1) is 6.10 Å². The van der Waals surface area contributed by atoms with E-state index in [-0.39, 0.29) is 24.3 Å². The molecule has 0 saturated carbocycles. The quantitative estimate of drug-likeness (QED) is 0.787. The van der Waals surface area contributed by atoms with Crippen LogP contribution in [0.2, 0.25) is 0 Å². The minimum Gasteiger partial charge on any atom is -0.447 e. The zero-order valence-electron chi connectivity index (χ0n) is 14.0. The molecule has 1 heterocycles. The second-order valence-corrected chi connectivity index (χ2v) is 6.74. The molecule has 6 nitrogen and oxygen atoms in total. The highest BCUT2D eigenvalue weighted by Gasteiger charge is 2.30. The lowest BCUT2D eigenvalue weighted by Gasteiger charge is -2.37. The normalized spacial score (nSPS) is 16.8. The van der Waals surface area contributed by atoms with E-state index < -0.39 is 5.60 Å². The van der Waals surface area contributed by atoms with E-state index in [1.165, 1.54) is 0 Å². The van der Waals surface area contributed by atoms with Gasteiger partial charge in [0.15, 0.2) is 0 Å². The Morgan fingerprint density at radius 2 is 1.71 bits per heavy atom. The molecule has 0 aliphatic carbocycles. The first-order valence-corrected chi connectivity index (χ1v) is 7.51. The standard InChI is InChI=1S/C15H28N2O4/c1-11(2)20-14(19)17-9-7-12(8-10-17)16(6)13(18)21-15(3,4)5/h11-12H,7-10H2,1-6H3. The zero-order chi connectivity index (χ0) is 16.2. The van der Waals surface area contributed by atoms with Gasteiger partial charge >= 0.3 is 12.2 Å². The van der Waals surface area contributed by atoms with E-state index in [4.69, 9.17) is 9.47 Å². The van der Waals surface area contributed by atoms with Gasteiger partial charge in [0.2, 0.25) is 0 Å². The molecule has 1 fully saturated rings. The molecule has 0 atom stereocenters. The molecular weight excluding hydrogens is 272 g/mol. The van der Waals surface area contributed by atoms with Gasteiger partial charge in [-0.2, -0.15) is 0 Å². The van der Waals surface area contributed by atoms with Gasteiger partial charge in [-0.25, -0.2) is 9.59 Å². The number of piperidine rings is 1. The van der Waals surface area contributed by atoms with Gasteiger partial charge in [0.25, 0.3) is 0 Å². The predicted molar refractivity (Wildman–Crippen MR) is 80.2 cm³/mol. The van der Waals surface area contributed by atoms with Crippen molar-refractivity contribution < 1.29 is 19.1 Å². The van der Waals surface area contributed by atoms with Crippen molar-refractivity contribution in [2.24, 2.45) is 0 Å². The molecule has 0 bridgehead atoms. The minimum atomic E-state index is -0.493. The largest absolute Gasteiger partial charge is 0.447 e. The van der Waals surface area contributed by atoms with Crippen LogP contribution >= 0.6 is 0 Å². The van der Waals surface area contributed by atoms with Crippen molar-refractivity contribution in [3.63, 3.8) is 0 Å². The number of carbonyl (C=O) groups is 2. The maximum absolute atomic E-state index is 12.0. The lowest BCUT2D eigenvalue weighted by atomic mass is 10.0. The van der Waals surface area contributed by atoms with Gasteiger partial charge in [-0.05, 0) is 47.5 Å². The van der Waals surface area contributed by atoms with Crippen molar-refractivity contribution in [3.05, 3.63) is 0 Å². The number of rotatable bonds is 2. The van der Waals surface area contributed by atoms with Crippen LogP contribution in [-0.2, 0) is 9.47 Å². The number of hydrogen-bond donors (Lipinski definition) is 0. The summed E-state index contributed by atoms with van der Waals surface area (Å²) in [6.45, 7) is 10.4. The summed E-state index contributed by atoms with van der Waals surface area (Å²) in [5.41, 5.74) is -0.493. The van der Waals surface area contributed by atoms with Crippen LogP contribution in [0.15, 0.2) is 0 Å². The second-order valence-electron chi connectivity index (χ2n) is 6.74. The fraction of sp³-hybridized carbons (Fsp3) is 0.867. The van der Waals surface area contributed by atoms with Gasteiger partial charge in [0.1, 0.15) is 5.60 Å². The summed E-state index contributed by atoms with van der Waals surface area (Å²) in [4.78, 5) is 27.2. The molecule has 1 aliphatic heterocycles. The van der Waals surface area contributed by atoms with Crippen molar-refractivity contribution in [2.75, 3.05) is 20.1 Å². The molecule has 0 N–H and O–H groups in total. The first kappa shape index (κ1) is 17.6. The average Bonchev–Trinajstić information content (AvgIpc) is 2.35. The monoisotopic (exact) mass is 300 g/mol. The number of carbonyl (C=O) groups excluding carboxylic acids is 2. The molecule has 0 aromatic heterocycles. The first-order chi connectivity index (χ1) is 9.60. The molecule has 1 rings (SSSR count). The van der Waals surface area contributed by atoms with Crippen molar-refractivity contribution in [3.8, 4) is 0 Å².